The van der Waals surface area contributed by atoms with Gasteiger partial charge in [-0.3, -0.25) is 4.79 Å². The first-order chi connectivity index (χ1) is 8.90. The molecule has 4 nitrogen and oxygen atoms in total. The molecule has 0 aromatic heterocycles. The molecule has 0 radical (unpaired) electrons. The minimum Gasteiger partial charge on any atom is -0.392 e. The highest BCUT2D eigenvalue weighted by Gasteiger charge is 2.37. The minimum absolute atomic E-state index is 0.0857. The Labute approximate surface area is 122 Å². The van der Waals surface area contributed by atoms with Crippen LogP contribution in [-0.4, -0.2) is 30.7 Å². The van der Waals surface area contributed by atoms with Crippen molar-refractivity contribution in [2.24, 2.45) is 17.1 Å². The van der Waals surface area contributed by atoms with Gasteiger partial charge in [0.05, 0.1) is 17.0 Å². The van der Waals surface area contributed by atoms with E-state index in [0.717, 1.165) is 13.0 Å². The molecule has 0 heterocycles. The average Bonchev–Trinajstić information content (AvgIpc) is 2.35. The van der Waals surface area contributed by atoms with E-state index in [1.807, 2.05) is 13.8 Å². The van der Waals surface area contributed by atoms with Crippen LogP contribution in [0.5, 0.6) is 0 Å². The summed E-state index contributed by atoms with van der Waals surface area (Å²) in [5.41, 5.74) is 5.00. The number of hydrogen-bond acceptors (Lipinski definition) is 3. The monoisotopic (exact) mass is 288 g/mol. The van der Waals surface area contributed by atoms with Gasteiger partial charge in [0.2, 0.25) is 5.91 Å². The Bertz CT molecular complexity index is 289. The lowest BCUT2D eigenvalue weighted by molar-refractivity contribution is -0.128. The molecule has 0 aliphatic carbocycles. The lowest BCUT2D eigenvalue weighted by Gasteiger charge is -2.28. The summed E-state index contributed by atoms with van der Waals surface area (Å²) in [5.74, 6) is 0.550. The van der Waals surface area contributed by atoms with Crippen molar-refractivity contribution in [3.63, 3.8) is 0 Å². The molecule has 1 amide bonds. The number of carbonyl (C=O) groups is 1. The molecular weight excluding hydrogens is 260 g/mol. The first kappa shape index (κ1) is 18.3. The third kappa shape index (κ3) is 5.87. The van der Waals surface area contributed by atoms with Gasteiger partial charge in [0, 0.05) is 13.2 Å². The molecule has 0 aliphatic rings. The molecule has 0 rings (SSSR count). The van der Waals surface area contributed by atoms with Crippen molar-refractivity contribution >= 4 is 23.1 Å². The summed E-state index contributed by atoms with van der Waals surface area (Å²) in [6.45, 7) is 9.94. The number of nitrogens with one attached hydrogen (secondary N) is 1. The van der Waals surface area contributed by atoms with Crippen LogP contribution in [0.4, 0.5) is 0 Å². The van der Waals surface area contributed by atoms with Gasteiger partial charge in [-0.25, -0.2) is 0 Å². The maximum absolute atomic E-state index is 12.2. The molecule has 0 aliphatic heterocycles. The van der Waals surface area contributed by atoms with E-state index in [-0.39, 0.29) is 10.9 Å². The second-order valence-corrected chi connectivity index (χ2v) is 5.64. The fourth-order valence-corrected chi connectivity index (χ4v) is 2.24. The summed E-state index contributed by atoms with van der Waals surface area (Å²) in [6.07, 6.45) is 2.28. The number of rotatable bonds is 10. The molecule has 0 bridgehead atoms. The van der Waals surface area contributed by atoms with Crippen LogP contribution in [0.1, 0.15) is 47.0 Å². The van der Waals surface area contributed by atoms with E-state index >= 15 is 0 Å². The molecule has 3 N–H and O–H groups in total. The van der Waals surface area contributed by atoms with Gasteiger partial charge < -0.3 is 15.8 Å². The first-order valence-corrected chi connectivity index (χ1v) is 7.47. The molecule has 0 saturated carbocycles. The molecular formula is C14H28N2O2S. The van der Waals surface area contributed by atoms with Crippen molar-refractivity contribution in [2.45, 2.75) is 47.0 Å². The van der Waals surface area contributed by atoms with Gasteiger partial charge in [0.15, 0.2) is 0 Å². The zero-order valence-corrected chi connectivity index (χ0v) is 13.4. The molecule has 0 aromatic rings. The largest absolute Gasteiger partial charge is 0.392 e. The molecule has 0 saturated heterocycles. The number of hydrogen-bond donors (Lipinski definition) is 2. The average molecular weight is 288 g/mol. The van der Waals surface area contributed by atoms with Gasteiger partial charge in [-0.05, 0) is 25.2 Å². The van der Waals surface area contributed by atoms with E-state index in [0.29, 0.717) is 31.9 Å². The van der Waals surface area contributed by atoms with E-state index < -0.39 is 5.41 Å². The minimum atomic E-state index is -0.715. The van der Waals surface area contributed by atoms with Crippen molar-refractivity contribution in [2.75, 3.05) is 19.8 Å². The number of thiocarbonyl (C=S) groups is 1. The smallest absolute Gasteiger partial charge is 0.233 e. The summed E-state index contributed by atoms with van der Waals surface area (Å²) < 4.78 is 5.46. The molecule has 5 heteroatoms. The predicted octanol–water partition coefficient (Wildman–Crippen LogP) is 2.26. The lowest BCUT2D eigenvalue weighted by atomic mass is 9.81. The van der Waals surface area contributed by atoms with Crippen molar-refractivity contribution in [3.05, 3.63) is 0 Å². The van der Waals surface area contributed by atoms with Crippen LogP contribution in [0.25, 0.3) is 0 Å². The Hall–Kier alpha value is -0.680. The number of nitrogens with two attached hydrogens (primary N) is 1. The third-order valence-electron chi connectivity index (χ3n) is 3.48. The maximum Gasteiger partial charge on any atom is 0.233 e. The first-order valence-electron chi connectivity index (χ1n) is 7.06. The maximum atomic E-state index is 12.2. The molecule has 19 heavy (non-hydrogen) atoms. The number of amides is 1. The van der Waals surface area contributed by atoms with Crippen molar-refractivity contribution in [1.29, 1.82) is 0 Å². The van der Waals surface area contributed by atoms with Gasteiger partial charge in [0.25, 0.3) is 0 Å². The fraction of sp³-hybridized carbons (Fsp3) is 0.857. The Morgan fingerprint density at radius 2 is 1.89 bits per heavy atom. The van der Waals surface area contributed by atoms with E-state index in [2.05, 4.69) is 19.2 Å². The van der Waals surface area contributed by atoms with Gasteiger partial charge >= 0.3 is 0 Å². The molecule has 0 fully saturated rings. The van der Waals surface area contributed by atoms with Crippen LogP contribution in [0.15, 0.2) is 0 Å². The fourth-order valence-electron chi connectivity index (χ4n) is 1.86. The van der Waals surface area contributed by atoms with Gasteiger partial charge in [0.1, 0.15) is 0 Å². The number of ether oxygens (including phenoxy) is 1. The highest BCUT2D eigenvalue weighted by molar-refractivity contribution is 7.80. The highest BCUT2D eigenvalue weighted by Crippen LogP contribution is 2.26. The van der Waals surface area contributed by atoms with Crippen LogP contribution in [0.3, 0.4) is 0 Å². The normalized spacial score (nSPS) is 11.6. The predicted molar refractivity (Wildman–Crippen MR) is 83.1 cm³/mol. The van der Waals surface area contributed by atoms with Crippen molar-refractivity contribution in [3.8, 4) is 0 Å². The summed E-state index contributed by atoms with van der Waals surface area (Å²) in [4.78, 5) is 12.4. The molecule has 0 aromatic carbocycles. The zero-order valence-electron chi connectivity index (χ0n) is 12.6. The molecule has 0 spiro atoms. The summed E-state index contributed by atoms with van der Waals surface area (Å²) in [7, 11) is 0. The van der Waals surface area contributed by atoms with Gasteiger partial charge in [-0.1, -0.05) is 39.9 Å². The van der Waals surface area contributed by atoms with E-state index in [4.69, 9.17) is 22.7 Å². The van der Waals surface area contributed by atoms with Crippen molar-refractivity contribution < 1.29 is 9.53 Å². The summed E-state index contributed by atoms with van der Waals surface area (Å²) in [5, 5.41) is 2.86. The van der Waals surface area contributed by atoms with Crippen molar-refractivity contribution in [1.82, 2.24) is 5.32 Å². The highest BCUT2D eigenvalue weighted by atomic mass is 32.1. The molecule has 112 valence electrons. The van der Waals surface area contributed by atoms with Crippen LogP contribution in [0.2, 0.25) is 0 Å². The van der Waals surface area contributed by atoms with E-state index in [1.165, 1.54) is 0 Å². The Balaban J connectivity index is 4.05. The van der Waals surface area contributed by atoms with Crippen LogP contribution in [-0.2, 0) is 9.53 Å². The Morgan fingerprint density at radius 3 is 2.32 bits per heavy atom. The van der Waals surface area contributed by atoms with Crippen LogP contribution in [0, 0.1) is 11.3 Å². The van der Waals surface area contributed by atoms with Crippen LogP contribution >= 0.6 is 12.2 Å². The quantitative estimate of drug-likeness (QED) is 0.478. The molecule has 0 atom stereocenters. The van der Waals surface area contributed by atoms with Crippen LogP contribution < -0.4 is 11.1 Å². The second-order valence-electron chi connectivity index (χ2n) is 5.20. The van der Waals surface area contributed by atoms with Gasteiger partial charge in [-0.15, -0.1) is 0 Å². The SMILES string of the molecule is CCC(CC)(C(=O)NCCOCCC(C)C)C(N)=S. The summed E-state index contributed by atoms with van der Waals surface area (Å²) >= 11 is 5.04. The molecule has 0 unspecified atom stereocenters. The van der Waals surface area contributed by atoms with E-state index in [1.54, 1.807) is 0 Å². The van der Waals surface area contributed by atoms with E-state index in [9.17, 15) is 4.79 Å². The zero-order chi connectivity index (χ0) is 14.9. The van der Waals surface area contributed by atoms with Gasteiger partial charge in [-0.2, -0.15) is 0 Å². The summed E-state index contributed by atoms with van der Waals surface area (Å²) in [6, 6.07) is 0. The Morgan fingerprint density at radius 1 is 1.32 bits per heavy atom. The lowest BCUT2D eigenvalue weighted by Crippen LogP contribution is -2.49. The second kappa shape index (κ2) is 9.26. The third-order valence-corrected chi connectivity index (χ3v) is 3.88. The number of carbonyl (C=O) groups excluding carboxylic acids is 1. The topological polar surface area (TPSA) is 64.3 Å². The Kier molecular flexibility index (Phi) is 8.93. The standard InChI is InChI=1S/C14H28N2O2S/c1-5-14(6-2,12(15)19)13(17)16-8-10-18-9-7-11(3)4/h11H,5-10H2,1-4H3,(H2,15,19)(H,16,17).